The van der Waals surface area contributed by atoms with E-state index in [1.807, 2.05) is 37.4 Å². The summed E-state index contributed by atoms with van der Waals surface area (Å²) < 4.78 is 1.00. The summed E-state index contributed by atoms with van der Waals surface area (Å²) in [6.07, 6.45) is 0. The number of hydrogen-bond acceptors (Lipinski definition) is 3. The minimum absolute atomic E-state index is 0.00938. The molecule has 0 saturated heterocycles. The zero-order valence-corrected chi connectivity index (χ0v) is 13.2. The summed E-state index contributed by atoms with van der Waals surface area (Å²) in [5.41, 5.74) is 2.02. The van der Waals surface area contributed by atoms with Gasteiger partial charge in [0.1, 0.15) is 5.82 Å². The Kier molecular flexibility index (Phi) is 3.90. The molecule has 0 aliphatic rings. The van der Waals surface area contributed by atoms with Crippen molar-refractivity contribution in [3.63, 3.8) is 0 Å². The van der Waals surface area contributed by atoms with Gasteiger partial charge in [-0.2, -0.15) is 0 Å². The number of nitrogens with one attached hydrogen (secondary N) is 1. The predicted octanol–water partition coefficient (Wildman–Crippen LogP) is 4.25. The van der Waals surface area contributed by atoms with Crippen LogP contribution in [-0.4, -0.2) is 17.0 Å². The van der Waals surface area contributed by atoms with E-state index < -0.39 is 0 Å². The number of halogens is 1. The highest BCUT2D eigenvalue weighted by molar-refractivity contribution is 9.10. The third kappa shape index (κ3) is 3.13. The lowest BCUT2D eigenvalue weighted by atomic mass is 9.92. The maximum atomic E-state index is 4.70. The van der Waals surface area contributed by atoms with Gasteiger partial charge in [-0.05, 0) is 6.07 Å². The predicted molar refractivity (Wildman–Crippen MR) is 83.4 cm³/mol. The van der Waals surface area contributed by atoms with Crippen LogP contribution in [0.5, 0.6) is 0 Å². The van der Waals surface area contributed by atoms with E-state index in [1.165, 1.54) is 0 Å². The highest BCUT2D eigenvalue weighted by atomic mass is 79.9. The maximum Gasteiger partial charge on any atom is 0.162 e. The van der Waals surface area contributed by atoms with Gasteiger partial charge in [-0.25, -0.2) is 9.97 Å². The number of anilines is 1. The maximum absolute atomic E-state index is 4.70. The van der Waals surface area contributed by atoms with E-state index in [0.717, 1.165) is 27.4 Å². The van der Waals surface area contributed by atoms with E-state index in [4.69, 9.17) is 4.98 Å². The van der Waals surface area contributed by atoms with Crippen molar-refractivity contribution in [1.82, 2.24) is 9.97 Å². The molecular formula is C15H18BrN3. The van der Waals surface area contributed by atoms with Gasteiger partial charge in [-0.3, -0.25) is 0 Å². The number of rotatable bonds is 2. The zero-order valence-electron chi connectivity index (χ0n) is 11.7. The fourth-order valence-electron chi connectivity index (χ4n) is 1.72. The van der Waals surface area contributed by atoms with Crippen LogP contribution in [0.2, 0.25) is 0 Å². The van der Waals surface area contributed by atoms with E-state index >= 15 is 0 Å². The molecule has 0 radical (unpaired) electrons. The van der Waals surface area contributed by atoms with E-state index in [1.54, 1.807) is 0 Å². The van der Waals surface area contributed by atoms with Gasteiger partial charge in [0.2, 0.25) is 0 Å². The first-order valence-corrected chi connectivity index (χ1v) is 7.03. The summed E-state index contributed by atoms with van der Waals surface area (Å²) in [7, 11) is 1.87. The van der Waals surface area contributed by atoms with Crippen LogP contribution in [0.3, 0.4) is 0 Å². The SMILES string of the molecule is CNc1cc(C(C)(C)C)nc(-c2ccccc2Br)n1. The molecule has 19 heavy (non-hydrogen) atoms. The Morgan fingerprint density at radius 2 is 1.79 bits per heavy atom. The summed E-state index contributed by atoms with van der Waals surface area (Å²) in [6, 6.07) is 10.00. The quantitative estimate of drug-likeness (QED) is 0.899. The van der Waals surface area contributed by atoms with Crippen LogP contribution in [0.25, 0.3) is 11.4 Å². The largest absolute Gasteiger partial charge is 0.373 e. The molecule has 0 saturated carbocycles. The molecule has 4 heteroatoms. The fourth-order valence-corrected chi connectivity index (χ4v) is 2.18. The van der Waals surface area contributed by atoms with Crippen molar-refractivity contribution in [1.29, 1.82) is 0 Å². The average molecular weight is 320 g/mol. The fraction of sp³-hybridized carbons (Fsp3) is 0.333. The molecule has 0 amide bonds. The third-order valence-electron chi connectivity index (χ3n) is 2.87. The molecule has 1 aromatic heterocycles. The lowest BCUT2D eigenvalue weighted by Gasteiger charge is -2.19. The first-order chi connectivity index (χ1) is 8.91. The van der Waals surface area contributed by atoms with Crippen molar-refractivity contribution in [2.75, 3.05) is 12.4 Å². The van der Waals surface area contributed by atoms with Crippen molar-refractivity contribution in [3.05, 3.63) is 40.5 Å². The molecule has 1 heterocycles. The molecule has 0 atom stereocenters. The van der Waals surface area contributed by atoms with Crippen LogP contribution < -0.4 is 5.32 Å². The van der Waals surface area contributed by atoms with Gasteiger partial charge in [0, 0.05) is 28.6 Å². The molecule has 0 aliphatic carbocycles. The summed E-state index contributed by atoms with van der Waals surface area (Å²) in [4.78, 5) is 9.25. The van der Waals surface area contributed by atoms with Crippen LogP contribution >= 0.6 is 15.9 Å². The van der Waals surface area contributed by atoms with Gasteiger partial charge in [0.05, 0.1) is 5.69 Å². The third-order valence-corrected chi connectivity index (χ3v) is 3.56. The van der Waals surface area contributed by atoms with Crippen molar-refractivity contribution in [2.45, 2.75) is 26.2 Å². The molecule has 1 aromatic carbocycles. The van der Waals surface area contributed by atoms with Crippen molar-refractivity contribution < 1.29 is 0 Å². The van der Waals surface area contributed by atoms with Gasteiger partial charge in [0.25, 0.3) is 0 Å². The van der Waals surface area contributed by atoms with Crippen LogP contribution in [0.1, 0.15) is 26.5 Å². The first kappa shape index (κ1) is 14.0. The summed E-state index contributed by atoms with van der Waals surface area (Å²) in [5.74, 6) is 1.58. The van der Waals surface area contributed by atoms with Crippen LogP contribution in [0.4, 0.5) is 5.82 Å². The lowest BCUT2D eigenvalue weighted by Crippen LogP contribution is -2.15. The molecule has 1 N–H and O–H groups in total. The summed E-state index contributed by atoms with van der Waals surface area (Å²) in [6.45, 7) is 6.45. The van der Waals surface area contributed by atoms with E-state index in [9.17, 15) is 0 Å². The molecule has 100 valence electrons. The second kappa shape index (κ2) is 5.29. The Bertz CT molecular complexity index is 588. The highest BCUT2D eigenvalue weighted by Crippen LogP contribution is 2.29. The van der Waals surface area contributed by atoms with Gasteiger partial charge in [-0.15, -0.1) is 0 Å². The number of nitrogens with zero attached hydrogens (tertiary/aromatic N) is 2. The second-order valence-electron chi connectivity index (χ2n) is 5.44. The first-order valence-electron chi connectivity index (χ1n) is 6.24. The number of aromatic nitrogens is 2. The van der Waals surface area contributed by atoms with Gasteiger partial charge in [-0.1, -0.05) is 54.9 Å². The minimum Gasteiger partial charge on any atom is -0.373 e. The Balaban J connectivity index is 2.61. The Morgan fingerprint density at radius 1 is 1.11 bits per heavy atom. The molecule has 0 aliphatic heterocycles. The van der Waals surface area contributed by atoms with E-state index in [-0.39, 0.29) is 5.41 Å². The van der Waals surface area contributed by atoms with Gasteiger partial charge >= 0.3 is 0 Å². The number of hydrogen-bond donors (Lipinski definition) is 1. The second-order valence-corrected chi connectivity index (χ2v) is 6.30. The molecule has 2 aromatic rings. The topological polar surface area (TPSA) is 37.8 Å². The highest BCUT2D eigenvalue weighted by Gasteiger charge is 2.18. The monoisotopic (exact) mass is 319 g/mol. The Morgan fingerprint density at radius 3 is 2.37 bits per heavy atom. The van der Waals surface area contributed by atoms with E-state index in [2.05, 4.69) is 47.0 Å². The Hall–Kier alpha value is -1.42. The molecule has 0 bridgehead atoms. The molecule has 0 spiro atoms. The van der Waals surface area contributed by atoms with E-state index in [0.29, 0.717) is 0 Å². The molecule has 2 rings (SSSR count). The van der Waals surface area contributed by atoms with Crippen molar-refractivity contribution in [3.8, 4) is 11.4 Å². The smallest absolute Gasteiger partial charge is 0.162 e. The van der Waals surface area contributed by atoms with Crippen LogP contribution in [0, 0.1) is 0 Å². The standard InChI is InChI=1S/C15H18BrN3/c1-15(2,3)12-9-13(17-4)19-14(18-12)10-7-5-6-8-11(10)16/h5-9H,1-4H3,(H,17,18,19). The van der Waals surface area contributed by atoms with Crippen molar-refractivity contribution >= 4 is 21.7 Å². The van der Waals surface area contributed by atoms with Gasteiger partial charge in [0.15, 0.2) is 5.82 Å². The minimum atomic E-state index is -0.00938. The van der Waals surface area contributed by atoms with Crippen molar-refractivity contribution in [2.24, 2.45) is 0 Å². The lowest BCUT2D eigenvalue weighted by molar-refractivity contribution is 0.568. The summed E-state index contributed by atoms with van der Waals surface area (Å²) >= 11 is 3.55. The molecule has 0 unspecified atom stereocenters. The normalized spacial score (nSPS) is 11.4. The van der Waals surface area contributed by atoms with Crippen LogP contribution in [-0.2, 0) is 5.41 Å². The molecular weight excluding hydrogens is 302 g/mol. The zero-order chi connectivity index (χ0) is 14.0. The average Bonchev–Trinajstić information content (AvgIpc) is 2.37. The Labute approximate surface area is 122 Å². The molecule has 3 nitrogen and oxygen atoms in total. The summed E-state index contributed by atoms with van der Waals surface area (Å²) in [5, 5.41) is 3.10. The van der Waals surface area contributed by atoms with Crippen LogP contribution in [0.15, 0.2) is 34.8 Å². The number of benzene rings is 1. The van der Waals surface area contributed by atoms with Gasteiger partial charge < -0.3 is 5.32 Å². The molecule has 0 fully saturated rings.